The zero-order valence-electron chi connectivity index (χ0n) is 18.8. The maximum Gasteiger partial charge on any atom is 0.258 e. The van der Waals surface area contributed by atoms with Crippen molar-refractivity contribution in [2.75, 3.05) is 19.1 Å². The van der Waals surface area contributed by atoms with Crippen molar-refractivity contribution in [3.63, 3.8) is 0 Å². The van der Waals surface area contributed by atoms with Crippen LogP contribution in [0, 0.1) is 23.2 Å². The Morgan fingerprint density at radius 1 is 1.03 bits per heavy atom. The predicted octanol–water partition coefficient (Wildman–Crippen LogP) is 4.20. The van der Waals surface area contributed by atoms with Crippen molar-refractivity contribution in [3.8, 4) is 5.88 Å². The van der Waals surface area contributed by atoms with Gasteiger partial charge >= 0.3 is 0 Å². The summed E-state index contributed by atoms with van der Waals surface area (Å²) in [4.78, 5) is 31.7. The van der Waals surface area contributed by atoms with E-state index in [-0.39, 0.29) is 17.2 Å². The van der Waals surface area contributed by atoms with E-state index in [9.17, 15) is 9.59 Å². The topological polar surface area (TPSA) is 71.5 Å². The fourth-order valence-electron chi connectivity index (χ4n) is 6.53. The van der Waals surface area contributed by atoms with Gasteiger partial charge in [0.15, 0.2) is 0 Å². The van der Waals surface area contributed by atoms with Gasteiger partial charge in [0.1, 0.15) is 0 Å². The number of benzene rings is 1. The number of carbonyl (C=O) groups is 2. The number of anilines is 1. The molecule has 4 saturated carbocycles. The first-order valence-electron chi connectivity index (χ1n) is 11.6. The molecular weight excluding hydrogens is 402 g/mol. The van der Waals surface area contributed by atoms with Gasteiger partial charge in [-0.1, -0.05) is 12.1 Å². The monoisotopic (exact) mass is 433 g/mol. The summed E-state index contributed by atoms with van der Waals surface area (Å²) in [5, 5.41) is 3.21. The Balaban J connectivity index is 1.19. The summed E-state index contributed by atoms with van der Waals surface area (Å²) in [6.45, 7) is 0.507. The highest BCUT2D eigenvalue weighted by molar-refractivity contribution is 6.05. The maximum atomic E-state index is 13.2. The molecule has 4 fully saturated rings. The van der Waals surface area contributed by atoms with Crippen LogP contribution in [0.5, 0.6) is 5.88 Å². The summed E-state index contributed by atoms with van der Waals surface area (Å²) in [5.74, 6) is 2.92. The van der Waals surface area contributed by atoms with E-state index in [0.717, 1.165) is 42.6 Å². The number of hydrogen-bond acceptors (Lipinski definition) is 4. The molecule has 0 saturated heterocycles. The number of amides is 2. The molecular formula is C26H31N3O3. The molecule has 0 radical (unpaired) electrons. The van der Waals surface area contributed by atoms with Crippen molar-refractivity contribution in [1.29, 1.82) is 0 Å². The zero-order chi connectivity index (χ0) is 22.3. The summed E-state index contributed by atoms with van der Waals surface area (Å²) in [6, 6.07) is 11.0. The Hall–Kier alpha value is -2.89. The molecule has 0 unspecified atom stereocenters. The number of pyridine rings is 1. The minimum Gasteiger partial charge on any atom is -0.481 e. The van der Waals surface area contributed by atoms with Crippen LogP contribution in [0.1, 0.15) is 54.4 Å². The molecule has 6 rings (SSSR count). The molecule has 4 bridgehead atoms. The molecule has 32 heavy (non-hydrogen) atoms. The van der Waals surface area contributed by atoms with Crippen LogP contribution >= 0.6 is 0 Å². The Morgan fingerprint density at radius 2 is 1.66 bits per heavy atom. The molecule has 1 heterocycles. The van der Waals surface area contributed by atoms with E-state index >= 15 is 0 Å². The van der Waals surface area contributed by atoms with E-state index in [1.807, 2.05) is 24.3 Å². The molecule has 4 aliphatic rings. The van der Waals surface area contributed by atoms with Gasteiger partial charge in [0.2, 0.25) is 11.8 Å². The predicted molar refractivity (Wildman–Crippen MR) is 122 cm³/mol. The van der Waals surface area contributed by atoms with Gasteiger partial charge in [0.05, 0.1) is 19.0 Å². The van der Waals surface area contributed by atoms with Gasteiger partial charge in [-0.3, -0.25) is 9.59 Å². The van der Waals surface area contributed by atoms with E-state index in [4.69, 9.17) is 4.74 Å². The molecule has 0 aliphatic heterocycles. The molecule has 0 atom stereocenters. The van der Waals surface area contributed by atoms with Gasteiger partial charge in [-0.15, -0.1) is 0 Å². The second kappa shape index (κ2) is 8.23. The third-order valence-corrected chi connectivity index (χ3v) is 7.80. The van der Waals surface area contributed by atoms with Crippen molar-refractivity contribution >= 4 is 17.5 Å². The summed E-state index contributed by atoms with van der Waals surface area (Å²) < 4.78 is 5.07. The quantitative estimate of drug-likeness (QED) is 0.741. The van der Waals surface area contributed by atoms with Crippen LogP contribution in [-0.2, 0) is 11.3 Å². The van der Waals surface area contributed by atoms with Crippen LogP contribution in [0.4, 0.5) is 5.69 Å². The molecule has 1 N–H and O–H groups in total. The maximum absolute atomic E-state index is 13.2. The fraction of sp³-hybridized carbons (Fsp3) is 0.500. The molecule has 1 aromatic carbocycles. The van der Waals surface area contributed by atoms with Crippen LogP contribution in [0.15, 0.2) is 42.6 Å². The van der Waals surface area contributed by atoms with Gasteiger partial charge in [0.25, 0.3) is 5.91 Å². The van der Waals surface area contributed by atoms with Gasteiger partial charge in [-0.25, -0.2) is 4.98 Å². The first kappa shape index (κ1) is 21.0. The highest BCUT2D eigenvalue weighted by atomic mass is 16.5. The molecule has 2 aromatic rings. The third-order valence-electron chi connectivity index (χ3n) is 7.80. The normalized spacial score (nSPS) is 27.8. The van der Waals surface area contributed by atoms with Crippen molar-refractivity contribution in [2.45, 2.75) is 45.1 Å². The average molecular weight is 434 g/mol. The molecule has 4 aliphatic carbocycles. The highest BCUT2D eigenvalue weighted by Gasteiger charge is 2.54. The summed E-state index contributed by atoms with van der Waals surface area (Å²) in [5.41, 5.74) is 2.18. The lowest BCUT2D eigenvalue weighted by Gasteiger charge is -2.55. The number of nitrogens with zero attached hydrogens (tertiary/aromatic N) is 2. The Morgan fingerprint density at radius 3 is 2.19 bits per heavy atom. The van der Waals surface area contributed by atoms with E-state index in [1.54, 1.807) is 37.4 Å². The van der Waals surface area contributed by atoms with Gasteiger partial charge in [-0.2, -0.15) is 0 Å². The molecule has 1 aromatic heterocycles. The number of aromatic nitrogens is 1. The van der Waals surface area contributed by atoms with E-state index in [1.165, 1.54) is 19.3 Å². The summed E-state index contributed by atoms with van der Waals surface area (Å²) in [7, 11) is 3.29. The molecule has 168 valence electrons. The van der Waals surface area contributed by atoms with Crippen molar-refractivity contribution in [1.82, 2.24) is 10.3 Å². The average Bonchev–Trinajstić information content (AvgIpc) is 2.81. The second-order valence-electron chi connectivity index (χ2n) is 10.0. The largest absolute Gasteiger partial charge is 0.481 e. The minimum absolute atomic E-state index is 0.110. The van der Waals surface area contributed by atoms with Crippen LogP contribution in [0.3, 0.4) is 0 Å². The van der Waals surface area contributed by atoms with E-state index < -0.39 is 0 Å². The number of ether oxygens (including phenoxy) is 1. The van der Waals surface area contributed by atoms with Crippen molar-refractivity contribution < 1.29 is 14.3 Å². The number of hydrogen-bond donors (Lipinski definition) is 1. The van der Waals surface area contributed by atoms with Crippen LogP contribution in [-0.4, -0.2) is 31.0 Å². The number of carbonyl (C=O) groups excluding carboxylic acids is 2. The standard InChI is InChI=1S/C26H31N3O3/c1-29(22-7-8-23(32-2)27-16-22)24(30)21-5-3-17(4-6-21)15-28-25(31)26-12-18-9-19(13-26)11-20(10-18)14-26/h3-8,16,18-20H,9-15H2,1-2H3,(H,28,31). The van der Waals surface area contributed by atoms with Crippen molar-refractivity contribution in [3.05, 3.63) is 53.7 Å². The molecule has 2 amide bonds. The SMILES string of the molecule is COc1ccc(N(C)C(=O)c2ccc(CNC(=O)C34CC5CC(CC(C5)C3)C4)cc2)cn1. The number of methoxy groups -OCH3 is 1. The highest BCUT2D eigenvalue weighted by Crippen LogP contribution is 2.60. The molecule has 6 nitrogen and oxygen atoms in total. The zero-order valence-corrected chi connectivity index (χ0v) is 18.8. The van der Waals surface area contributed by atoms with Gasteiger partial charge in [0, 0.05) is 30.6 Å². The lowest BCUT2D eigenvalue weighted by Crippen LogP contribution is -2.53. The summed E-state index contributed by atoms with van der Waals surface area (Å²) >= 11 is 0. The van der Waals surface area contributed by atoms with E-state index in [0.29, 0.717) is 23.7 Å². The molecule has 6 heteroatoms. The van der Waals surface area contributed by atoms with Gasteiger partial charge < -0.3 is 15.0 Å². The number of rotatable bonds is 6. The Labute approximate surface area is 189 Å². The summed E-state index contributed by atoms with van der Waals surface area (Å²) in [6.07, 6.45) is 8.85. The lowest BCUT2D eigenvalue weighted by molar-refractivity contribution is -0.146. The first-order valence-corrected chi connectivity index (χ1v) is 11.6. The van der Waals surface area contributed by atoms with Crippen LogP contribution in [0.25, 0.3) is 0 Å². The van der Waals surface area contributed by atoms with Crippen LogP contribution < -0.4 is 15.0 Å². The first-order chi connectivity index (χ1) is 15.5. The lowest BCUT2D eigenvalue weighted by atomic mass is 9.49. The third kappa shape index (κ3) is 3.87. The van der Waals surface area contributed by atoms with Crippen LogP contribution in [0.2, 0.25) is 0 Å². The van der Waals surface area contributed by atoms with E-state index in [2.05, 4.69) is 10.3 Å². The Bertz CT molecular complexity index is 965. The second-order valence-corrected chi connectivity index (χ2v) is 10.0. The van der Waals surface area contributed by atoms with Gasteiger partial charge in [-0.05, 0) is 80.0 Å². The minimum atomic E-state index is -0.125. The number of nitrogens with one attached hydrogen (secondary N) is 1. The Kier molecular flexibility index (Phi) is 5.39. The smallest absolute Gasteiger partial charge is 0.258 e. The molecule has 0 spiro atoms. The van der Waals surface area contributed by atoms with Crippen molar-refractivity contribution in [2.24, 2.45) is 23.2 Å². The fourth-order valence-corrected chi connectivity index (χ4v) is 6.53.